The topological polar surface area (TPSA) is 75.8 Å². The number of nitrogen functional groups attached to an aromatic ring is 1. The summed E-state index contributed by atoms with van der Waals surface area (Å²) in [6.07, 6.45) is -0.786. The number of rotatable bonds is 5. The van der Waals surface area contributed by atoms with Crippen molar-refractivity contribution < 1.29 is 19.0 Å². The van der Waals surface area contributed by atoms with Gasteiger partial charge < -0.3 is 20.5 Å². The van der Waals surface area contributed by atoms with Gasteiger partial charge in [0.25, 0.3) is 5.91 Å². The minimum atomic E-state index is -0.786. The van der Waals surface area contributed by atoms with Crippen LogP contribution in [0.1, 0.15) is 15.9 Å². The van der Waals surface area contributed by atoms with E-state index >= 15 is 0 Å². The van der Waals surface area contributed by atoms with Crippen LogP contribution < -0.4 is 5.73 Å². The fourth-order valence-corrected chi connectivity index (χ4v) is 1.69. The van der Waals surface area contributed by atoms with Crippen molar-refractivity contribution in [3.05, 3.63) is 29.1 Å². The molecule has 1 unspecified atom stereocenters. The number of likely N-dealkylation sites (N-methyl/N-ethyl adjacent to an activating group) is 1. The van der Waals surface area contributed by atoms with Gasteiger partial charge >= 0.3 is 0 Å². The Morgan fingerprint density at radius 1 is 1.58 bits per heavy atom. The number of carbonyl (C=O) groups is 1. The van der Waals surface area contributed by atoms with Gasteiger partial charge in [-0.05, 0) is 19.1 Å². The number of halogens is 1. The Morgan fingerprint density at radius 2 is 2.21 bits per heavy atom. The largest absolute Gasteiger partial charge is 0.398 e. The number of nitrogens with two attached hydrogens (primary N) is 1. The van der Waals surface area contributed by atoms with E-state index in [1.54, 1.807) is 6.92 Å². The molecule has 1 rings (SSSR count). The Bertz CT molecular complexity index is 442. The van der Waals surface area contributed by atoms with Gasteiger partial charge in [0.05, 0.1) is 12.7 Å². The van der Waals surface area contributed by atoms with Crippen LogP contribution in [0, 0.1) is 12.7 Å². The summed E-state index contributed by atoms with van der Waals surface area (Å²) in [6.45, 7) is 1.77. The molecule has 19 heavy (non-hydrogen) atoms. The molecule has 3 N–H and O–H groups in total. The number of hydrogen-bond donors (Lipinski definition) is 2. The number of nitrogens with zero attached hydrogens (tertiary/aromatic N) is 1. The number of aliphatic hydroxyl groups excluding tert-OH is 1. The maximum absolute atomic E-state index is 13.5. The van der Waals surface area contributed by atoms with Gasteiger partial charge in [-0.25, -0.2) is 4.39 Å². The SMILES string of the molecule is COCC(O)CN(C)C(=O)c1cc(N)c(C)c(F)c1. The van der Waals surface area contributed by atoms with Crippen LogP contribution in [-0.4, -0.2) is 49.3 Å². The predicted octanol–water partition coefficient (Wildman–Crippen LogP) is 0.796. The molecule has 1 amide bonds. The summed E-state index contributed by atoms with van der Waals surface area (Å²) in [7, 11) is 2.98. The highest BCUT2D eigenvalue weighted by molar-refractivity contribution is 5.95. The van der Waals surface area contributed by atoms with Crippen LogP contribution in [0.3, 0.4) is 0 Å². The predicted molar refractivity (Wildman–Crippen MR) is 70.4 cm³/mol. The Balaban J connectivity index is 2.82. The van der Waals surface area contributed by atoms with Crippen LogP contribution in [0.25, 0.3) is 0 Å². The summed E-state index contributed by atoms with van der Waals surface area (Å²) in [5.41, 5.74) is 6.34. The third-order valence-electron chi connectivity index (χ3n) is 2.82. The molecule has 1 atom stereocenters. The zero-order valence-electron chi connectivity index (χ0n) is 11.3. The molecule has 6 heteroatoms. The van der Waals surface area contributed by atoms with Crippen molar-refractivity contribution in [3.63, 3.8) is 0 Å². The Kier molecular flexibility index (Phi) is 5.26. The fraction of sp³-hybridized carbons (Fsp3) is 0.462. The second-order valence-corrected chi connectivity index (χ2v) is 4.47. The quantitative estimate of drug-likeness (QED) is 0.776. The van der Waals surface area contributed by atoms with E-state index < -0.39 is 17.8 Å². The van der Waals surface area contributed by atoms with Crippen molar-refractivity contribution in [1.82, 2.24) is 4.90 Å². The van der Waals surface area contributed by atoms with E-state index in [0.29, 0.717) is 5.56 Å². The first kappa shape index (κ1) is 15.4. The third-order valence-corrected chi connectivity index (χ3v) is 2.82. The number of benzene rings is 1. The number of hydrogen-bond acceptors (Lipinski definition) is 4. The number of aliphatic hydroxyl groups is 1. The molecule has 0 saturated carbocycles. The maximum Gasteiger partial charge on any atom is 0.253 e. The first-order valence-corrected chi connectivity index (χ1v) is 5.85. The van der Waals surface area contributed by atoms with Gasteiger partial charge in [0, 0.05) is 37.5 Å². The molecule has 5 nitrogen and oxygen atoms in total. The van der Waals surface area contributed by atoms with Crippen molar-refractivity contribution in [2.24, 2.45) is 0 Å². The van der Waals surface area contributed by atoms with E-state index in [4.69, 9.17) is 10.5 Å². The number of ether oxygens (including phenoxy) is 1. The average molecular weight is 270 g/mol. The molecule has 0 aliphatic carbocycles. The van der Waals surface area contributed by atoms with Crippen molar-refractivity contribution in [3.8, 4) is 0 Å². The van der Waals surface area contributed by atoms with Crippen molar-refractivity contribution in [1.29, 1.82) is 0 Å². The van der Waals surface area contributed by atoms with E-state index in [2.05, 4.69) is 0 Å². The maximum atomic E-state index is 13.5. The summed E-state index contributed by atoms with van der Waals surface area (Å²) in [4.78, 5) is 13.4. The number of methoxy groups -OCH3 is 1. The van der Waals surface area contributed by atoms with E-state index in [1.165, 1.54) is 25.1 Å². The van der Waals surface area contributed by atoms with Crippen molar-refractivity contribution >= 4 is 11.6 Å². The normalized spacial score (nSPS) is 12.3. The monoisotopic (exact) mass is 270 g/mol. The lowest BCUT2D eigenvalue weighted by atomic mass is 10.1. The summed E-state index contributed by atoms with van der Waals surface area (Å²) < 4.78 is 18.3. The Hall–Kier alpha value is -1.66. The number of anilines is 1. The number of amides is 1. The highest BCUT2D eigenvalue weighted by Crippen LogP contribution is 2.18. The van der Waals surface area contributed by atoms with Crippen LogP contribution in [0.2, 0.25) is 0 Å². The van der Waals surface area contributed by atoms with Crippen LogP contribution in [0.4, 0.5) is 10.1 Å². The first-order chi connectivity index (χ1) is 8.86. The minimum Gasteiger partial charge on any atom is -0.398 e. The molecule has 1 aromatic carbocycles. The smallest absolute Gasteiger partial charge is 0.253 e. The summed E-state index contributed by atoms with van der Waals surface area (Å²) in [5.74, 6) is -0.921. The van der Waals surface area contributed by atoms with E-state index in [1.807, 2.05) is 0 Å². The molecule has 0 aliphatic rings. The molecule has 0 saturated heterocycles. The van der Waals surface area contributed by atoms with Gasteiger partial charge in [-0.1, -0.05) is 0 Å². The second kappa shape index (κ2) is 6.49. The first-order valence-electron chi connectivity index (χ1n) is 5.85. The lowest BCUT2D eigenvalue weighted by Gasteiger charge is -2.21. The van der Waals surface area contributed by atoms with Crippen molar-refractivity contribution in [2.75, 3.05) is 33.0 Å². The van der Waals surface area contributed by atoms with E-state index in [-0.39, 0.29) is 24.4 Å². The number of carbonyl (C=O) groups excluding carboxylic acids is 1. The van der Waals surface area contributed by atoms with Gasteiger partial charge in [-0.15, -0.1) is 0 Å². The highest BCUT2D eigenvalue weighted by atomic mass is 19.1. The molecule has 0 aromatic heterocycles. The lowest BCUT2D eigenvalue weighted by Crippen LogP contribution is -2.36. The summed E-state index contributed by atoms with van der Waals surface area (Å²) in [6, 6.07) is 2.58. The zero-order chi connectivity index (χ0) is 14.6. The Labute approximate surface area is 111 Å². The molecule has 0 fully saturated rings. The van der Waals surface area contributed by atoms with Gasteiger partial charge in [0.1, 0.15) is 5.82 Å². The molecule has 0 bridgehead atoms. The van der Waals surface area contributed by atoms with Crippen LogP contribution >= 0.6 is 0 Å². The fourth-order valence-electron chi connectivity index (χ4n) is 1.69. The molecular formula is C13H19FN2O3. The molecular weight excluding hydrogens is 251 g/mol. The molecule has 106 valence electrons. The van der Waals surface area contributed by atoms with Gasteiger partial charge in [-0.3, -0.25) is 4.79 Å². The molecule has 0 heterocycles. The Morgan fingerprint density at radius 3 is 2.74 bits per heavy atom. The van der Waals surface area contributed by atoms with Crippen LogP contribution in [-0.2, 0) is 4.74 Å². The zero-order valence-corrected chi connectivity index (χ0v) is 11.3. The molecule has 0 radical (unpaired) electrons. The van der Waals surface area contributed by atoms with E-state index in [9.17, 15) is 14.3 Å². The summed E-state index contributed by atoms with van der Waals surface area (Å²) in [5, 5.41) is 9.55. The van der Waals surface area contributed by atoms with E-state index in [0.717, 1.165) is 6.07 Å². The lowest BCUT2D eigenvalue weighted by molar-refractivity contribution is 0.0380. The standard InChI is InChI=1S/C13H19FN2O3/c1-8-11(14)4-9(5-12(8)15)13(18)16(2)6-10(17)7-19-3/h4-5,10,17H,6-7,15H2,1-3H3. The van der Waals surface area contributed by atoms with Gasteiger partial charge in [-0.2, -0.15) is 0 Å². The molecule has 0 spiro atoms. The third kappa shape index (κ3) is 3.90. The highest BCUT2D eigenvalue weighted by Gasteiger charge is 2.17. The van der Waals surface area contributed by atoms with Crippen LogP contribution in [0.5, 0.6) is 0 Å². The average Bonchev–Trinajstić information content (AvgIpc) is 2.34. The van der Waals surface area contributed by atoms with Gasteiger partial charge in [0.2, 0.25) is 0 Å². The van der Waals surface area contributed by atoms with Crippen molar-refractivity contribution in [2.45, 2.75) is 13.0 Å². The second-order valence-electron chi connectivity index (χ2n) is 4.47. The minimum absolute atomic E-state index is 0.0993. The molecule has 0 aliphatic heterocycles. The molecule has 1 aromatic rings. The van der Waals surface area contributed by atoms with Gasteiger partial charge in [0.15, 0.2) is 0 Å². The van der Waals surface area contributed by atoms with Crippen LogP contribution in [0.15, 0.2) is 12.1 Å². The summed E-state index contributed by atoms with van der Waals surface area (Å²) >= 11 is 0.